The molecule has 0 radical (unpaired) electrons. The van der Waals surface area contributed by atoms with E-state index in [1.54, 1.807) is 24.3 Å². The lowest BCUT2D eigenvalue weighted by Gasteiger charge is -2.20. The quantitative estimate of drug-likeness (QED) is 0.250. The van der Waals surface area contributed by atoms with Crippen LogP contribution in [0.25, 0.3) is 0 Å². The van der Waals surface area contributed by atoms with E-state index in [-0.39, 0.29) is 25.2 Å². The minimum Gasteiger partial charge on any atom is -0.490 e. The van der Waals surface area contributed by atoms with Crippen LogP contribution in [0.1, 0.15) is 41.8 Å². The maximum atomic E-state index is 12.6. The van der Waals surface area contributed by atoms with Crippen LogP contribution >= 0.6 is 0 Å². The predicted molar refractivity (Wildman–Crippen MR) is 123 cm³/mol. The molecule has 0 bridgehead atoms. The third-order valence-electron chi connectivity index (χ3n) is 4.76. The Morgan fingerprint density at radius 2 is 1.68 bits per heavy atom. The summed E-state index contributed by atoms with van der Waals surface area (Å²) < 4.78 is 16.1. The molecule has 2 aromatic carbocycles. The average Bonchev–Trinajstić information content (AvgIpc) is 2.83. The van der Waals surface area contributed by atoms with Crippen molar-refractivity contribution in [2.24, 2.45) is 0 Å². The number of ether oxygens (including phenoxy) is 3. The molecule has 0 amide bonds. The Labute approximate surface area is 198 Å². The minimum absolute atomic E-state index is 0.141. The minimum atomic E-state index is -0.871. The highest BCUT2D eigenvalue weighted by Crippen LogP contribution is 2.15. The molecule has 184 valence electrons. The van der Waals surface area contributed by atoms with Gasteiger partial charge in [0.15, 0.2) is 0 Å². The van der Waals surface area contributed by atoms with Gasteiger partial charge in [-0.05, 0) is 41.8 Å². The number of carbonyl (C=O) groups is 2. The number of methoxy groups -OCH3 is 1. The highest BCUT2D eigenvalue weighted by atomic mass is 16.9. The third-order valence-corrected chi connectivity index (χ3v) is 4.76. The molecule has 1 atom stereocenters. The molecule has 0 heterocycles. The summed E-state index contributed by atoms with van der Waals surface area (Å²) in [4.78, 5) is 38.5. The molecule has 0 aliphatic heterocycles. The number of nitrogens with one attached hydrogen (secondary N) is 1. The van der Waals surface area contributed by atoms with E-state index in [1.807, 2.05) is 26.0 Å². The molecule has 0 fully saturated rings. The SMILES string of the molecule is COC(=O)CCc1ccc(OCC(CNC(C)C)OC(=O)c2ccc(CO[N+](=O)[O-])cc2)cc1. The number of benzene rings is 2. The first-order chi connectivity index (χ1) is 16.3. The van der Waals surface area contributed by atoms with Crippen LogP contribution in [-0.2, 0) is 32.1 Å². The van der Waals surface area contributed by atoms with Crippen molar-refractivity contribution in [2.45, 2.75) is 45.4 Å². The van der Waals surface area contributed by atoms with E-state index in [4.69, 9.17) is 9.47 Å². The van der Waals surface area contributed by atoms with Gasteiger partial charge in [-0.3, -0.25) is 4.79 Å². The molecule has 1 N–H and O–H groups in total. The molecule has 2 rings (SSSR count). The van der Waals surface area contributed by atoms with Crippen LogP contribution in [0.15, 0.2) is 48.5 Å². The molecule has 10 heteroatoms. The summed E-state index contributed by atoms with van der Waals surface area (Å²) in [5.74, 6) is -0.177. The van der Waals surface area contributed by atoms with Gasteiger partial charge >= 0.3 is 11.9 Å². The van der Waals surface area contributed by atoms with E-state index in [1.165, 1.54) is 19.2 Å². The van der Waals surface area contributed by atoms with Crippen LogP contribution in [0, 0.1) is 10.1 Å². The van der Waals surface area contributed by atoms with Gasteiger partial charge in [0.1, 0.15) is 25.1 Å². The molecule has 2 aromatic rings. The lowest BCUT2D eigenvalue weighted by Crippen LogP contribution is -2.38. The van der Waals surface area contributed by atoms with E-state index < -0.39 is 17.2 Å². The van der Waals surface area contributed by atoms with Crippen molar-refractivity contribution in [2.75, 3.05) is 20.3 Å². The normalized spacial score (nSPS) is 11.5. The fraction of sp³-hybridized carbons (Fsp3) is 0.417. The van der Waals surface area contributed by atoms with Gasteiger partial charge in [-0.1, -0.05) is 38.1 Å². The fourth-order valence-corrected chi connectivity index (χ4v) is 2.88. The first-order valence-electron chi connectivity index (χ1n) is 10.9. The van der Waals surface area contributed by atoms with Gasteiger partial charge in [0.2, 0.25) is 0 Å². The van der Waals surface area contributed by atoms with Gasteiger partial charge in [-0.15, -0.1) is 10.1 Å². The maximum Gasteiger partial charge on any atom is 0.338 e. The Balaban J connectivity index is 1.93. The Morgan fingerprint density at radius 1 is 1.03 bits per heavy atom. The molecule has 34 heavy (non-hydrogen) atoms. The van der Waals surface area contributed by atoms with Crippen molar-refractivity contribution in [3.05, 3.63) is 75.3 Å². The molecule has 1 unspecified atom stereocenters. The first-order valence-corrected chi connectivity index (χ1v) is 10.9. The number of nitrogens with zero attached hydrogens (tertiary/aromatic N) is 1. The van der Waals surface area contributed by atoms with E-state index in [9.17, 15) is 19.7 Å². The van der Waals surface area contributed by atoms with Gasteiger partial charge in [0.25, 0.3) is 5.09 Å². The zero-order chi connectivity index (χ0) is 24.9. The van der Waals surface area contributed by atoms with Crippen molar-refractivity contribution in [3.63, 3.8) is 0 Å². The molecule has 0 spiro atoms. The Hall–Kier alpha value is -3.66. The Kier molecular flexibility index (Phi) is 10.8. The zero-order valence-electron chi connectivity index (χ0n) is 19.5. The molecule has 0 aromatic heterocycles. The lowest BCUT2D eigenvalue weighted by molar-refractivity contribution is -0.763. The number of esters is 2. The standard InChI is InChI=1S/C24H30N2O8/c1-17(2)25-14-22(16-32-21-11-6-18(7-12-21)8-13-23(27)31-3)34-24(28)20-9-4-19(5-10-20)15-33-26(29)30/h4-7,9-12,17,22,25H,8,13-16H2,1-3H3. The molecule has 10 nitrogen and oxygen atoms in total. The van der Waals surface area contributed by atoms with Crippen LogP contribution < -0.4 is 10.1 Å². The largest absolute Gasteiger partial charge is 0.490 e. The summed E-state index contributed by atoms with van der Waals surface area (Å²) in [5.41, 5.74) is 1.85. The fourth-order valence-electron chi connectivity index (χ4n) is 2.88. The van der Waals surface area contributed by atoms with Gasteiger partial charge in [0.05, 0.1) is 12.7 Å². The number of hydrogen-bond donors (Lipinski definition) is 1. The molecule has 0 aliphatic carbocycles. The smallest absolute Gasteiger partial charge is 0.338 e. The van der Waals surface area contributed by atoms with Crippen molar-refractivity contribution < 1.29 is 33.7 Å². The van der Waals surface area contributed by atoms with E-state index in [0.29, 0.717) is 36.3 Å². The number of hydrogen-bond acceptors (Lipinski definition) is 9. The monoisotopic (exact) mass is 474 g/mol. The van der Waals surface area contributed by atoms with Crippen LogP contribution in [-0.4, -0.2) is 49.4 Å². The van der Waals surface area contributed by atoms with E-state index in [0.717, 1.165) is 5.56 Å². The second kappa shape index (κ2) is 13.8. The molecule has 0 saturated heterocycles. The highest BCUT2D eigenvalue weighted by Gasteiger charge is 2.18. The summed E-state index contributed by atoms with van der Waals surface area (Å²) in [6.45, 7) is 4.31. The lowest BCUT2D eigenvalue weighted by atomic mass is 10.1. The Bertz CT molecular complexity index is 929. The number of carbonyl (C=O) groups excluding carboxylic acids is 2. The molecule has 0 aliphatic rings. The van der Waals surface area contributed by atoms with Crippen LogP contribution in [0.2, 0.25) is 0 Å². The number of aryl methyl sites for hydroxylation is 1. The van der Waals surface area contributed by atoms with Crippen molar-refractivity contribution in [1.82, 2.24) is 5.32 Å². The van der Waals surface area contributed by atoms with Crippen LogP contribution in [0.4, 0.5) is 0 Å². The van der Waals surface area contributed by atoms with Crippen molar-refractivity contribution in [3.8, 4) is 5.75 Å². The zero-order valence-corrected chi connectivity index (χ0v) is 19.5. The average molecular weight is 475 g/mol. The highest BCUT2D eigenvalue weighted by molar-refractivity contribution is 5.89. The summed E-state index contributed by atoms with van der Waals surface area (Å²) in [5, 5.41) is 12.7. The second-order valence-corrected chi connectivity index (χ2v) is 7.82. The topological polar surface area (TPSA) is 126 Å². The van der Waals surface area contributed by atoms with Gasteiger partial charge in [-0.2, -0.15) is 0 Å². The van der Waals surface area contributed by atoms with Gasteiger partial charge < -0.3 is 24.4 Å². The van der Waals surface area contributed by atoms with Gasteiger partial charge in [0, 0.05) is 19.0 Å². The van der Waals surface area contributed by atoms with Crippen LogP contribution in [0.5, 0.6) is 5.75 Å². The van der Waals surface area contributed by atoms with Crippen molar-refractivity contribution in [1.29, 1.82) is 0 Å². The van der Waals surface area contributed by atoms with E-state index in [2.05, 4.69) is 14.9 Å². The Morgan fingerprint density at radius 3 is 2.26 bits per heavy atom. The summed E-state index contributed by atoms with van der Waals surface area (Å²) >= 11 is 0. The van der Waals surface area contributed by atoms with Crippen LogP contribution in [0.3, 0.4) is 0 Å². The van der Waals surface area contributed by atoms with Gasteiger partial charge in [-0.25, -0.2) is 4.79 Å². The first kappa shape index (κ1) is 26.6. The predicted octanol–water partition coefficient (Wildman–Crippen LogP) is 3.10. The summed E-state index contributed by atoms with van der Waals surface area (Å²) in [6, 6.07) is 13.7. The second-order valence-electron chi connectivity index (χ2n) is 7.82. The maximum absolute atomic E-state index is 12.6. The molecular weight excluding hydrogens is 444 g/mol. The van der Waals surface area contributed by atoms with E-state index >= 15 is 0 Å². The number of rotatable bonds is 14. The van der Waals surface area contributed by atoms with Crippen molar-refractivity contribution >= 4 is 11.9 Å². The molecule has 0 saturated carbocycles. The summed E-state index contributed by atoms with van der Waals surface area (Å²) in [7, 11) is 1.36. The third kappa shape index (κ3) is 9.86. The molecular formula is C24H30N2O8. The summed E-state index contributed by atoms with van der Waals surface area (Å²) in [6.07, 6.45) is 0.327.